The summed E-state index contributed by atoms with van der Waals surface area (Å²) in [5, 5.41) is 0. The molecule has 1 aliphatic carbocycles. The molecule has 0 bridgehead atoms. The number of carbonyl (C=O) groups is 1. The predicted molar refractivity (Wildman–Crippen MR) is 104 cm³/mol. The summed E-state index contributed by atoms with van der Waals surface area (Å²) in [6.07, 6.45) is 8.31. The van der Waals surface area contributed by atoms with Crippen LogP contribution in [0.3, 0.4) is 0 Å². The number of hydrogen-bond donors (Lipinski definition) is 0. The highest BCUT2D eigenvalue weighted by atomic mass is 16.1. The molecule has 1 aromatic carbocycles. The van der Waals surface area contributed by atoms with Gasteiger partial charge in [0.15, 0.2) is 0 Å². The minimum Gasteiger partial charge on any atom is -0.298 e. The number of rotatable bonds is 4. The van der Waals surface area contributed by atoms with Gasteiger partial charge < -0.3 is 0 Å². The average molecular weight is 325 g/mol. The van der Waals surface area contributed by atoms with Crippen LogP contribution in [0.2, 0.25) is 0 Å². The normalized spacial score (nSPS) is 19.8. The molecule has 0 fully saturated rings. The Hall–Kier alpha value is -1.63. The van der Waals surface area contributed by atoms with Crippen LogP contribution in [0.25, 0.3) is 0 Å². The van der Waals surface area contributed by atoms with E-state index in [1.807, 2.05) is 13.0 Å². The van der Waals surface area contributed by atoms with Gasteiger partial charge in [0, 0.05) is 0 Å². The van der Waals surface area contributed by atoms with E-state index < -0.39 is 0 Å². The summed E-state index contributed by atoms with van der Waals surface area (Å²) in [6.45, 7) is 15.7. The predicted octanol–water partition coefficient (Wildman–Crippen LogP) is 5.98. The summed E-state index contributed by atoms with van der Waals surface area (Å²) in [5.74, 6) is 0. The molecule has 0 aromatic heterocycles. The van der Waals surface area contributed by atoms with Crippen LogP contribution in [0.1, 0.15) is 76.6 Å². The zero-order valence-corrected chi connectivity index (χ0v) is 16.4. The molecule has 0 atom stereocenters. The quantitative estimate of drug-likeness (QED) is 0.378. The smallest absolute Gasteiger partial charge is 0.145 e. The van der Waals surface area contributed by atoms with Crippen LogP contribution >= 0.6 is 0 Å². The second-order valence-electron chi connectivity index (χ2n) is 8.81. The molecule has 0 heterocycles. The topological polar surface area (TPSA) is 17.1 Å². The lowest BCUT2D eigenvalue weighted by atomic mass is 9.62. The van der Waals surface area contributed by atoms with Gasteiger partial charge in [-0.2, -0.15) is 0 Å². The first kappa shape index (κ1) is 18.7. The maximum absolute atomic E-state index is 10.7. The van der Waals surface area contributed by atoms with Gasteiger partial charge in [-0.3, -0.25) is 4.79 Å². The summed E-state index contributed by atoms with van der Waals surface area (Å²) in [7, 11) is 0. The monoisotopic (exact) mass is 324 g/mol. The maximum atomic E-state index is 10.7. The second kappa shape index (κ2) is 6.70. The summed E-state index contributed by atoms with van der Waals surface area (Å²) in [4.78, 5) is 10.7. The third-order valence-corrected chi connectivity index (χ3v) is 5.60. The molecule has 0 spiro atoms. The number of fused-ring (bicyclic) bond motifs is 1. The van der Waals surface area contributed by atoms with E-state index in [-0.39, 0.29) is 10.8 Å². The second-order valence-corrected chi connectivity index (χ2v) is 8.81. The number of allylic oxidation sites excluding steroid dienone is 4. The van der Waals surface area contributed by atoms with E-state index in [0.717, 1.165) is 18.3 Å². The lowest BCUT2D eigenvalue weighted by Gasteiger charge is -2.42. The fourth-order valence-electron chi connectivity index (χ4n) is 3.63. The molecule has 0 aliphatic heterocycles. The minimum atomic E-state index is 0.249. The van der Waals surface area contributed by atoms with Gasteiger partial charge in [-0.15, -0.1) is 0 Å². The third kappa shape index (κ3) is 3.88. The van der Waals surface area contributed by atoms with Crippen LogP contribution in [0.4, 0.5) is 0 Å². The van der Waals surface area contributed by atoms with E-state index in [1.54, 1.807) is 0 Å². The Balaban J connectivity index is 2.42. The third-order valence-electron chi connectivity index (χ3n) is 5.60. The first-order valence-corrected chi connectivity index (χ1v) is 9.00. The van der Waals surface area contributed by atoms with E-state index in [1.165, 1.54) is 40.7 Å². The Bertz CT molecular complexity index is 699. The van der Waals surface area contributed by atoms with Crippen molar-refractivity contribution in [1.29, 1.82) is 0 Å². The van der Waals surface area contributed by atoms with E-state index in [0.29, 0.717) is 0 Å². The molecule has 130 valence electrons. The largest absolute Gasteiger partial charge is 0.298 e. The van der Waals surface area contributed by atoms with Crippen molar-refractivity contribution >= 4 is 6.29 Å². The summed E-state index contributed by atoms with van der Waals surface area (Å²) in [6, 6.07) is 4.87. The van der Waals surface area contributed by atoms with E-state index in [4.69, 9.17) is 0 Å². The van der Waals surface area contributed by atoms with Gasteiger partial charge in [0.25, 0.3) is 0 Å². The molecule has 0 saturated heterocycles. The van der Waals surface area contributed by atoms with Gasteiger partial charge in [0.1, 0.15) is 6.29 Å². The Morgan fingerprint density at radius 2 is 1.54 bits per heavy atom. The lowest BCUT2D eigenvalue weighted by molar-refractivity contribution is -0.104. The van der Waals surface area contributed by atoms with Gasteiger partial charge in [0.2, 0.25) is 0 Å². The molecule has 1 heteroatoms. The van der Waals surface area contributed by atoms with E-state index >= 15 is 0 Å². The molecule has 0 unspecified atom stereocenters. The molecule has 2 rings (SSSR count). The first-order valence-electron chi connectivity index (χ1n) is 9.00. The fourth-order valence-corrected chi connectivity index (χ4v) is 3.63. The molecule has 0 amide bonds. The lowest BCUT2D eigenvalue weighted by Crippen LogP contribution is -2.34. The molecular weight excluding hydrogens is 292 g/mol. The minimum absolute atomic E-state index is 0.249. The van der Waals surface area contributed by atoms with Crippen LogP contribution in [-0.2, 0) is 22.0 Å². The zero-order chi connectivity index (χ0) is 18.1. The molecule has 1 nitrogen and oxygen atoms in total. The number of hydrogen-bond acceptors (Lipinski definition) is 1. The summed E-state index contributed by atoms with van der Waals surface area (Å²) < 4.78 is 0. The van der Waals surface area contributed by atoms with Gasteiger partial charge in [0.05, 0.1) is 0 Å². The summed E-state index contributed by atoms with van der Waals surface area (Å²) in [5.41, 5.74) is 8.40. The SMILES string of the molecule is C/C(C=O)=C\C=C(/C)Cc1cc2c(cc1C)C(C)(C)CCC2(C)C. The fraction of sp³-hybridized carbons (Fsp3) is 0.522. The molecular formula is C23H32O. The van der Waals surface area contributed by atoms with Crippen molar-refractivity contribution in [2.45, 2.75) is 78.6 Å². The van der Waals surface area contributed by atoms with Gasteiger partial charge in [-0.25, -0.2) is 0 Å². The average Bonchev–Trinajstić information content (AvgIpc) is 2.51. The highest BCUT2D eigenvalue weighted by molar-refractivity contribution is 5.72. The number of aryl methyl sites for hydroxylation is 1. The number of carbonyl (C=O) groups excluding carboxylic acids is 1. The van der Waals surface area contributed by atoms with Crippen LogP contribution < -0.4 is 0 Å². The van der Waals surface area contributed by atoms with Crippen LogP contribution in [0.5, 0.6) is 0 Å². The first-order chi connectivity index (χ1) is 11.1. The zero-order valence-electron chi connectivity index (χ0n) is 16.4. The van der Waals surface area contributed by atoms with Crippen molar-refractivity contribution in [2.24, 2.45) is 0 Å². The Kier molecular flexibility index (Phi) is 5.22. The van der Waals surface area contributed by atoms with E-state index in [2.05, 4.69) is 59.8 Å². The Labute approximate surface area is 147 Å². The molecule has 1 aromatic rings. The standard InChI is InChI=1S/C23H32O/c1-16(8-9-17(2)15-24)12-19-14-21-20(13-18(19)3)22(4,5)10-11-23(21,6)7/h8-9,13-15H,10-12H2,1-7H3/b16-8+,17-9+. The number of benzene rings is 1. The molecule has 24 heavy (non-hydrogen) atoms. The van der Waals surface area contributed by atoms with Crippen LogP contribution in [0.15, 0.2) is 35.4 Å². The van der Waals surface area contributed by atoms with Crippen molar-refractivity contribution in [3.8, 4) is 0 Å². The highest BCUT2D eigenvalue weighted by Crippen LogP contribution is 2.46. The molecule has 0 N–H and O–H groups in total. The van der Waals surface area contributed by atoms with E-state index in [9.17, 15) is 4.79 Å². The number of aldehydes is 1. The van der Waals surface area contributed by atoms with Crippen molar-refractivity contribution in [3.63, 3.8) is 0 Å². The van der Waals surface area contributed by atoms with Crippen molar-refractivity contribution in [2.75, 3.05) is 0 Å². The molecule has 0 saturated carbocycles. The van der Waals surface area contributed by atoms with Gasteiger partial charge >= 0.3 is 0 Å². The highest BCUT2D eigenvalue weighted by Gasteiger charge is 2.37. The Morgan fingerprint density at radius 3 is 2.08 bits per heavy atom. The molecule has 1 aliphatic rings. The van der Waals surface area contributed by atoms with Crippen LogP contribution in [-0.4, -0.2) is 6.29 Å². The maximum Gasteiger partial charge on any atom is 0.145 e. The summed E-state index contributed by atoms with van der Waals surface area (Å²) >= 11 is 0. The van der Waals surface area contributed by atoms with Crippen molar-refractivity contribution in [3.05, 3.63) is 57.7 Å². The Morgan fingerprint density at radius 1 is 1.00 bits per heavy atom. The van der Waals surface area contributed by atoms with Crippen molar-refractivity contribution in [1.82, 2.24) is 0 Å². The van der Waals surface area contributed by atoms with Crippen LogP contribution in [0, 0.1) is 6.92 Å². The van der Waals surface area contributed by atoms with Gasteiger partial charge in [-0.05, 0) is 78.7 Å². The van der Waals surface area contributed by atoms with Crippen molar-refractivity contribution < 1.29 is 4.79 Å². The molecule has 0 radical (unpaired) electrons. The van der Waals surface area contributed by atoms with Gasteiger partial charge in [-0.1, -0.05) is 57.6 Å².